The highest BCUT2D eigenvalue weighted by Gasteiger charge is 2.20. The van der Waals surface area contributed by atoms with Gasteiger partial charge in [0.2, 0.25) is 0 Å². The van der Waals surface area contributed by atoms with Gasteiger partial charge in [-0.3, -0.25) is 9.59 Å². The average Bonchev–Trinajstić information content (AvgIpc) is 4.10. The average molecular weight is 830 g/mol. The Morgan fingerprint density at radius 2 is 1.47 bits per heavy atom. The number of anilines is 1. The smallest absolute Gasteiger partial charge is 0.343 e. The third kappa shape index (κ3) is 17.6. The lowest BCUT2D eigenvalue weighted by Gasteiger charge is -2.19. The summed E-state index contributed by atoms with van der Waals surface area (Å²) in [6, 6.07) is 22.3. The number of methoxy groups -OCH3 is 1. The highest BCUT2D eigenvalue weighted by Crippen LogP contribution is 2.32. The highest BCUT2D eigenvalue weighted by molar-refractivity contribution is 6.31. The van der Waals surface area contributed by atoms with E-state index in [0.717, 1.165) is 24.3 Å². The maximum Gasteiger partial charge on any atom is 0.343 e. The van der Waals surface area contributed by atoms with Crippen molar-refractivity contribution in [3.8, 4) is 17.2 Å². The molecule has 0 bridgehead atoms. The highest BCUT2D eigenvalue weighted by atomic mass is 35.5. The minimum atomic E-state index is -0.856. The summed E-state index contributed by atoms with van der Waals surface area (Å²) in [6.45, 7) is 18.6. The minimum absolute atomic E-state index is 0.163. The first-order chi connectivity index (χ1) is 28.5. The number of rotatable bonds is 18. The fourth-order valence-electron chi connectivity index (χ4n) is 5.60. The molecule has 0 heterocycles. The molecule has 5 rings (SSSR count). The SMILES string of the molecule is C=C(O)C(Cc1ccc(OC(=O)c2ccc(OCCCCCCC)cc2)c(OC)c1)NC(=O)c1cccc(NC(=O)c2ccc(C)c(Cl)c2)c1.CC.CC.CCC1CC1. The summed E-state index contributed by atoms with van der Waals surface area (Å²) in [5.41, 5.74) is 2.94. The van der Waals surface area contributed by atoms with Gasteiger partial charge in [0.15, 0.2) is 11.5 Å². The predicted octanol–water partition coefficient (Wildman–Crippen LogP) is 12.7. The van der Waals surface area contributed by atoms with Crippen molar-refractivity contribution in [2.45, 2.75) is 112 Å². The summed E-state index contributed by atoms with van der Waals surface area (Å²) in [5.74, 6) is 0.662. The summed E-state index contributed by atoms with van der Waals surface area (Å²) in [7, 11) is 1.45. The summed E-state index contributed by atoms with van der Waals surface area (Å²) in [5, 5.41) is 16.4. The Morgan fingerprint density at radius 3 is 2.07 bits per heavy atom. The fraction of sp³-hybridized carbons (Fsp3) is 0.408. The number of hydrogen-bond donors (Lipinski definition) is 3. The molecular formula is C49H65ClN2O7. The van der Waals surface area contributed by atoms with Gasteiger partial charge in [-0.15, -0.1) is 0 Å². The molecule has 9 nitrogen and oxygen atoms in total. The van der Waals surface area contributed by atoms with Crippen LogP contribution in [0.5, 0.6) is 17.2 Å². The number of hydrogen-bond acceptors (Lipinski definition) is 7. The van der Waals surface area contributed by atoms with Crippen LogP contribution in [0.3, 0.4) is 0 Å². The first-order valence-corrected chi connectivity index (χ1v) is 21.4. The Kier molecular flexibility index (Phi) is 23.2. The van der Waals surface area contributed by atoms with Crippen molar-refractivity contribution < 1.29 is 33.7 Å². The van der Waals surface area contributed by atoms with Crippen LogP contribution in [0.1, 0.15) is 135 Å². The van der Waals surface area contributed by atoms with Gasteiger partial charge in [-0.25, -0.2) is 4.79 Å². The van der Waals surface area contributed by atoms with Crippen LogP contribution < -0.4 is 24.8 Å². The van der Waals surface area contributed by atoms with E-state index in [1.807, 2.05) is 34.6 Å². The van der Waals surface area contributed by atoms with Gasteiger partial charge < -0.3 is 30.0 Å². The van der Waals surface area contributed by atoms with Gasteiger partial charge in [-0.1, -0.05) is 123 Å². The third-order valence-corrected chi connectivity index (χ3v) is 9.68. The molecule has 1 fully saturated rings. The molecule has 1 atom stereocenters. The number of ether oxygens (including phenoxy) is 3. The van der Waals surface area contributed by atoms with Gasteiger partial charge in [0.05, 0.1) is 25.3 Å². The van der Waals surface area contributed by atoms with Gasteiger partial charge in [0, 0.05) is 28.3 Å². The Labute approximate surface area is 357 Å². The number of amides is 2. The second-order valence-corrected chi connectivity index (χ2v) is 14.1. The summed E-state index contributed by atoms with van der Waals surface area (Å²) >= 11 is 6.16. The third-order valence-electron chi connectivity index (χ3n) is 9.28. The molecule has 0 saturated heterocycles. The molecule has 4 aromatic rings. The van der Waals surface area contributed by atoms with Gasteiger partial charge in [0.25, 0.3) is 11.8 Å². The van der Waals surface area contributed by atoms with Gasteiger partial charge in [-0.2, -0.15) is 0 Å². The van der Waals surface area contributed by atoms with E-state index in [9.17, 15) is 19.5 Å². The first-order valence-electron chi connectivity index (χ1n) is 21.0. The van der Waals surface area contributed by atoms with Crippen molar-refractivity contribution in [2.75, 3.05) is 19.0 Å². The van der Waals surface area contributed by atoms with Crippen LogP contribution in [0, 0.1) is 12.8 Å². The maximum absolute atomic E-state index is 13.2. The topological polar surface area (TPSA) is 123 Å². The Bertz CT molecular complexity index is 1910. The van der Waals surface area contributed by atoms with Crippen LogP contribution in [0.15, 0.2) is 97.3 Å². The van der Waals surface area contributed by atoms with Gasteiger partial charge in [-0.05, 0) is 97.1 Å². The van der Waals surface area contributed by atoms with Crippen molar-refractivity contribution in [2.24, 2.45) is 5.92 Å². The van der Waals surface area contributed by atoms with Crippen molar-refractivity contribution in [3.05, 3.63) is 130 Å². The lowest BCUT2D eigenvalue weighted by atomic mass is 10.0. The van der Waals surface area contributed by atoms with Crippen LogP contribution in [0.25, 0.3) is 0 Å². The quantitative estimate of drug-likeness (QED) is 0.0395. The number of aryl methyl sites for hydroxylation is 1. The molecule has 0 spiro atoms. The molecule has 1 unspecified atom stereocenters. The Balaban J connectivity index is 0.00000120. The molecular weight excluding hydrogens is 764 g/mol. The molecule has 320 valence electrons. The molecule has 4 aromatic carbocycles. The number of aliphatic hydroxyl groups excluding tert-OH is 1. The van der Waals surface area contributed by atoms with E-state index < -0.39 is 17.9 Å². The number of carbonyl (C=O) groups excluding carboxylic acids is 3. The van der Waals surface area contributed by atoms with Crippen LogP contribution in [-0.4, -0.2) is 42.6 Å². The summed E-state index contributed by atoms with van der Waals surface area (Å²) in [4.78, 5) is 38.9. The molecule has 0 aliphatic heterocycles. The molecule has 1 aliphatic rings. The molecule has 0 aromatic heterocycles. The number of nitrogens with one attached hydrogen (secondary N) is 2. The van der Waals surface area contributed by atoms with Crippen molar-refractivity contribution in [1.82, 2.24) is 5.32 Å². The predicted molar refractivity (Wildman–Crippen MR) is 242 cm³/mol. The Hall–Kier alpha value is -5.28. The van der Waals surface area contributed by atoms with Crippen molar-refractivity contribution in [1.29, 1.82) is 0 Å². The first kappa shape index (κ1) is 49.9. The molecule has 10 heteroatoms. The normalized spacial score (nSPS) is 11.7. The summed E-state index contributed by atoms with van der Waals surface area (Å²) < 4.78 is 16.9. The molecule has 3 N–H and O–H groups in total. The molecule has 0 radical (unpaired) electrons. The second kappa shape index (κ2) is 27.4. The van der Waals surface area contributed by atoms with Gasteiger partial charge >= 0.3 is 5.97 Å². The number of halogens is 1. The Morgan fingerprint density at radius 1 is 0.814 bits per heavy atom. The number of esters is 1. The van der Waals surface area contributed by atoms with E-state index in [4.69, 9.17) is 25.8 Å². The van der Waals surface area contributed by atoms with Crippen LogP contribution >= 0.6 is 11.6 Å². The summed E-state index contributed by atoms with van der Waals surface area (Å²) in [6.07, 6.45) is 10.3. The number of carbonyl (C=O) groups is 3. The van der Waals surface area contributed by atoms with Gasteiger partial charge in [0.1, 0.15) is 11.5 Å². The van der Waals surface area contributed by atoms with Crippen LogP contribution in [0.4, 0.5) is 5.69 Å². The van der Waals surface area contributed by atoms with E-state index in [-0.39, 0.29) is 29.4 Å². The number of benzene rings is 4. The van der Waals surface area contributed by atoms with Crippen molar-refractivity contribution >= 4 is 35.1 Å². The lowest BCUT2D eigenvalue weighted by molar-refractivity contribution is 0.0729. The van der Waals surface area contributed by atoms with E-state index >= 15 is 0 Å². The molecule has 1 saturated carbocycles. The zero-order chi connectivity index (χ0) is 43.7. The standard InChI is InChI=1S/C40H43ClN2O7.C5H10.2C2H6/c1-5-6-7-8-9-21-49-33-18-16-29(17-19-33)40(47)50-36-20-14-28(23-37(36)48-4)22-35(27(3)44)43-39(46)30-11-10-12-32(24-30)42-38(45)31-15-13-26(2)34(41)25-31;1-2-5-3-4-5;2*1-2/h10-20,23-25,35,44H,3,5-9,21-22H2,1-2,4H3,(H,42,45)(H,43,46);5H,2-4H2,1H3;2*1-2H3. The van der Waals surface area contributed by atoms with E-state index in [2.05, 4.69) is 31.1 Å². The monoisotopic (exact) mass is 828 g/mol. The zero-order valence-electron chi connectivity index (χ0n) is 36.3. The number of unbranched alkanes of at least 4 members (excludes halogenated alkanes) is 4. The zero-order valence-corrected chi connectivity index (χ0v) is 37.0. The van der Waals surface area contributed by atoms with E-state index in [1.54, 1.807) is 78.9 Å². The maximum atomic E-state index is 13.2. The second-order valence-electron chi connectivity index (χ2n) is 13.7. The molecule has 59 heavy (non-hydrogen) atoms. The largest absolute Gasteiger partial charge is 0.511 e. The van der Waals surface area contributed by atoms with E-state index in [0.29, 0.717) is 45.5 Å². The number of aliphatic hydroxyl groups is 1. The van der Waals surface area contributed by atoms with Crippen LogP contribution in [-0.2, 0) is 6.42 Å². The lowest BCUT2D eigenvalue weighted by Crippen LogP contribution is -2.37. The molecule has 2 amide bonds. The van der Waals surface area contributed by atoms with E-state index in [1.165, 1.54) is 51.7 Å². The van der Waals surface area contributed by atoms with Crippen LogP contribution in [0.2, 0.25) is 5.02 Å². The molecule has 1 aliphatic carbocycles. The fourth-order valence-corrected chi connectivity index (χ4v) is 5.78. The van der Waals surface area contributed by atoms with Crippen molar-refractivity contribution in [3.63, 3.8) is 0 Å². The minimum Gasteiger partial charge on any atom is -0.511 e.